The molecular weight excluding hydrogens is 399 g/mol. The lowest BCUT2D eigenvalue weighted by molar-refractivity contribution is -0.141. The third-order valence-corrected chi connectivity index (χ3v) is 5.13. The van der Waals surface area contributed by atoms with Gasteiger partial charge in [-0.05, 0) is 17.5 Å². The van der Waals surface area contributed by atoms with Crippen LogP contribution in [0.3, 0.4) is 0 Å². The molecule has 1 N–H and O–H groups in total. The Morgan fingerprint density at radius 1 is 1.03 bits per heavy atom. The van der Waals surface area contributed by atoms with Crippen LogP contribution in [0.25, 0.3) is 11.3 Å². The van der Waals surface area contributed by atoms with Crippen molar-refractivity contribution in [3.63, 3.8) is 0 Å². The van der Waals surface area contributed by atoms with E-state index in [1.54, 1.807) is 30.3 Å². The van der Waals surface area contributed by atoms with Gasteiger partial charge >= 0.3 is 6.18 Å². The van der Waals surface area contributed by atoms with E-state index in [4.69, 9.17) is 0 Å². The lowest BCUT2D eigenvalue weighted by Gasteiger charge is -2.14. The molecule has 0 saturated heterocycles. The Bertz CT molecular complexity index is 927. The van der Waals surface area contributed by atoms with Crippen LogP contribution in [0.2, 0.25) is 0 Å². The van der Waals surface area contributed by atoms with Crippen LogP contribution in [-0.2, 0) is 17.8 Å². The van der Waals surface area contributed by atoms with Crippen molar-refractivity contribution in [1.29, 1.82) is 0 Å². The number of halogens is 3. The van der Waals surface area contributed by atoms with Crippen LogP contribution >= 0.6 is 11.8 Å². The van der Waals surface area contributed by atoms with Crippen LogP contribution in [0.1, 0.15) is 5.56 Å². The van der Waals surface area contributed by atoms with Crippen molar-refractivity contribution in [3.8, 4) is 11.3 Å². The zero-order valence-electron chi connectivity index (χ0n) is 15.5. The van der Waals surface area contributed by atoms with Crippen molar-refractivity contribution in [2.75, 3.05) is 12.3 Å². The number of rotatable bonds is 8. The first kappa shape index (κ1) is 21.0. The molecule has 1 aromatic heterocycles. The van der Waals surface area contributed by atoms with Gasteiger partial charge in [0.2, 0.25) is 5.91 Å². The minimum atomic E-state index is -4.39. The van der Waals surface area contributed by atoms with Gasteiger partial charge in [0.1, 0.15) is 6.54 Å². The van der Waals surface area contributed by atoms with Crippen LogP contribution in [0.4, 0.5) is 13.2 Å². The van der Waals surface area contributed by atoms with Gasteiger partial charge in [0.25, 0.3) is 0 Å². The van der Waals surface area contributed by atoms with Gasteiger partial charge in [-0.25, -0.2) is 4.98 Å². The summed E-state index contributed by atoms with van der Waals surface area (Å²) in [6.07, 6.45) is -2.29. The molecular formula is C21H20F3N3OS. The number of carbonyl (C=O) groups excluding carboxylic acids is 1. The molecule has 152 valence electrons. The lowest BCUT2D eigenvalue weighted by Crippen LogP contribution is -2.27. The first-order valence-electron chi connectivity index (χ1n) is 9.03. The number of amides is 1. The predicted octanol–water partition coefficient (Wildman–Crippen LogP) is 4.56. The largest absolute Gasteiger partial charge is 0.406 e. The molecule has 1 heterocycles. The summed E-state index contributed by atoms with van der Waals surface area (Å²) in [5, 5.41) is 2.95. The van der Waals surface area contributed by atoms with Gasteiger partial charge in [-0.3, -0.25) is 4.79 Å². The van der Waals surface area contributed by atoms with Crippen LogP contribution in [0.15, 0.2) is 72.0 Å². The van der Waals surface area contributed by atoms with E-state index in [0.717, 1.165) is 21.9 Å². The first-order valence-corrected chi connectivity index (χ1v) is 10.0. The maximum absolute atomic E-state index is 13.1. The van der Waals surface area contributed by atoms with Crippen molar-refractivity contribution >= 4 is 17.7 Å². The Hall–Kier alpha value is -2.74. The topological polar surface area (TPSA) is 46.9 Å². The number of nitrogens with zero attached hydrogens (tertiary/aromatic N) is 2. The quantitative estimate of drug-likeness (QED) is 0.545. The lowest BCUT2D eigenvalue weighted by atomic mass is 10.1. The van der Waals surface area contributed by atoms with Crippen LogP contribution in [-0.4, -0.2) is 33.9 Å². The van der Waals surface area contributed by atoms with E-state index in [1.807, 2.05) is 30.3 Å². The maximum Gasteiger partial charge on any atom is 0.406 e. The second-order valence-corrected chi connectivity index (χ2v) is 7.31. The number of benzene rings is 2. The van der Waals surface area contributed by atoms with Crippen LogP contribution in [0.5, 0.6) is 0 Å². The van der Waals surface area contributed by atoms with Crippen molar-refractivity contribution in [3.05, 3.63) is 72.4 Å². The smallest absolute Gasteiger partial charge is 0.355 e. The van der Waals surface area contributed by atoms with E-state index in [1.165, 1.54) is 6.20 Å². The number of aromatic nitrogens is 2. The van der Waals surface area contributed by atoms with E-state index in [-0.39, 0.29) is 16.8 Å². The predicted molar refractivity (Wildman–Crippen MR) is 108 cm³/mol. The highest BCUT2D eigenvalue weighted by Crippen LogP contribution is 2.29. The summed E-state index contributed by atoms with van der Waals surface area (Å²) in [4.78, 5) is 16.2. The number of thioether (sulfide) groups is 1. The Morgan fingerprint density at radius 3 is 2.34 bits per heavy atom. The molecule has 1 amide bonds. The van der Waals surface area contributed by atoms with E-state index in [2.05, 4.69) is 10.3 Å². The first-order chi connectivity index (χ1) is 13.9. The fourth-order valence-electron chi connectivity index (χ4n) is 2.82. The van der Waals surface area contributed by atoms with Crippen LogP contribution < -0.4 is 5.32 Å². The molecule has 0 aliphatic rings. The van der Waals surface area contributed by atoms with Gasteiger partial charge in [-0.2, -0.15) is 13.2 Å². The summed E-state index contributed by atoms with van der Waals surface area (Å²) in [6.45, 7) is -0.690. The molecule has 0 aliphatic carbocycles. The Labute approximate surface area is 171 Å². The molecule has 0 aliphatic heterocycles. The van der Waals surface area contributed by atoms with Gasteiger partial charge in [-0.1, -0.05) is 72.4 Å². The Balaban J connectivity index is 1.62. The number of alkyl halides is 3. The van der Waals surface area contributed by atoms with Crippen molar-refractivity contribution in [2.24, 2.45) is 0 Å². The second kappa shape index (κ2) is 9.65. The summed E-state index contributed by atoms with van der Waals surface area (Å²) in [7, 11) is 0. The molecule has 3 aromatic rings. The average molecular weight is 419 g/mol. The molecule has 4 nitrogen and oxygen atoms in total. The van der Waals surface area contributed by atoms with Gasteiger partial charge in [0.05, 0.1) is 17.6 Å². The Kier molecular flexibility index (Phi) is 6.98. The minimum Gasteiger partial charge on any atom is -0.355 e. The highest BCUT2D eigenvalue weighted by Gasteiger charge is 2.31. The highest BCUT2D eigenvalue weighted by molar-refractivity contribution is 7.99. The SMILES string of the molecule is O=C(CSc1ncc(-c2ccccc2)n1CC(F)(F)F)NCCc1ccccc1. The summed E-state index contributed by atoms with van der Waals surface area (Å²) >= 11 is 0.997. The molecule has 0 atom stereocenters. The maximum atomic E-state index is 13.1. The van der Waals surface area contributed by atoms with Crippen molar-refractivity contribution in [2.45, 2.75) is 24.3 Å². The summed E-state index contributed by atoms with van der Waals surface area (Å²) in [5.74, 6) is -0.244. The van der Waals surface area contributed by atoms with E-state index < -0.39 is 12.7 Å². The molecule has 0 unspecified atom stereocenters. The molecule has 0 spiro atoms. The molecule has 0 radical (unpaired) electrons. The normalized spacial score (nSPS) is 11.4. The average Bonchev–Trinajstić information content (AvgIpc) is 3.08. The molecule has 8 heteroatoms. The summed E-state index contributed by atoms with van der Waals surface area (Å²) in [6, 6.07) is 18.5. The number of hydrogen-bond acceptors (Lipinski definition) is 3. The monoisotopic (exact) mass is 419 g/mol. The molecule has 2 aromatic carbocycles. The van der Waals surface area contributed by atoms with E-state index in [0.29, 0.717) is 24.2 Å². The standard InChI is InChI=1S/C21H20F3N3OS/c22-21(23,24)15-27-18(17-9-5-2-6-10-17)13-26-20(27)29-14-19(28)25-12-11-16-7-3-1-4-8-16/h1-10,13H,11-12,14-15H2,(H,25,28). The third-order valence-electron chi connectivity index (χ3n) is 4.14. The summed E-state index contributed by atoms with van der Waals surface area (Å²) in [5.41, 5.74) is 2.12. The highest BCUT2D eigenvalue weighted by atomic mass is 32.2. The van der Waals surface area contributed by atoms with Gasteiger partial charge in [-0.15, -0.1) is 0 Å². The second-order valence-electron chi connectivity index (χ2n) is 6.37. The number of carbonyl (C=O) groups is 1. The number of imidazole rings is 1. The molecule has 0 bridgehead atoms. The fraction of sp³-hybridized carbons (Fsp3) is 0.238. The van der Waals surface area contributed by atoms with E-state index >= 15 is 0 Å². The van der Waals surface area contributed by atoms with E-state index in [9.17, 15) is 18.0 Å². The molecule has 0 saturated carbocycles. The van der Waals surface area contributed by atoms with Gasteiger partial charge in [0.15, 0.2) is 5.16 Å². The number of hydrogen-bond donors (Lipinski definition) is 1. The van der Waals surface area contributed by atoms with Gasteiger partial charge in [0, 0.05) is 6.54 Å². The summed E-state index contributed by atoms with van der Waals surface area (Å²) < 4.78 is 40.4. The minimum absolute atomic E-state index is 0.00209. The number of nitrogens with one attached hydrogen (secondary N) is 1. The zero-order valence-corrected chi connectivity index (χ0v) is 16.3. The zero-order chi connectivity index (χ0) is 20.7. The van der Waals surface area contributed by atoms with Crippen molar-refractivity contribution < 1.29 is 18.0 Å². The molecule has 0 fully saturated rings. The molecule has 3 rings (SSSR count). The fourth-order valence-corrected chi connectivity index (χ4v) is 3.63. The Morgan fingerprint density at radius 2 is 1.69 bits per heavy atom. The third kappa shape index (κ3) is 6.39. The van der Waals surface area contributed by atoms with Crippen molar-refractivity contribution in [1.82, 2.24) is 14.9 Å². The van der Waals surface area contributed by atoms with Crippen LogP contribution in [0, 0.1) is 0 Å². The van der Waals surface area contributed by atoms with Gasteiger partial charge < -0.3 is 9.88 Å². The molecule has 29 heavy (non-hydrogen) atoms.